The first-order chi connectivity index (χ1) is 21.7. The van der Waals surface area contributed by atoms with Crippen molar-refractivity contribution in [2.45, 2.75) is 55.9 Å². The first-order valence-electron chi connectivity index (χ1n) is 15.1. The summed E-state index contributed by atoms with van der Waals surface area (Å²) in [4.78, 5) is 15.4. The molecule has 3 aliphatic rings. The van der Waals surface area contributed by atoms with Crippen molar-refractivity contribution >= 4 is 21.4 Å². The highest BCUT2D eigenvalue weighted by Crippen LogP contribution is 2.39. The number of rotatable bonds is 7. The van der Waals surface area contributed by atoms with Crippen LogP contribution in [0, 0.1) is 5.92 Å². The molecular formula is C34H32F6N2O3S. The fraction of sp³-hybridized carbons (Fsp3) is 0.382. The lowest BCUT2D eigenvalue weighted by atomic mass is 9.89. The monoisotopic (exact) mass is 662 g/mol. The number of halogens is 6. The van der Waals surface area contributed by atoms with E-state index in [1.165, 1.54) is 27.6 Å². The molecule has 0 atom stereocenters. The third kappa shape index (κ3) is 6.79. The number of Topliss-reactive ketones (excluding diaryl/α,β-unsaturated/α-hetero) is 1. The van der Waals surface area contributed by atoms with Gasteiger partial charge in [-0.25, -0.2) is 8.42 Å². The van der Waals surface area contributed by atoms with E-state index in [9.17, 15) is 39.6 Å². The van der Waals surface area contributed by atoms with Crippen LogP contribution >= 0.6 is 0 Å². The van der Waals surface area contributed by atoms with E-state index in [2.05, 4.69) is 4.90 Å². The summed E-state index contributed by atoms with van der Waals surface area (Å²) in [5.41, 5.74) is 4.49. The molecule has 12 heteroatoms. The number of ketones is 1. The maximum Gasteiger partial charge on any atom is 0.416 e. The number of nitrogens with zero attached hydrogens (tertiary/aromatic N) is 2. The Labute approximate surface area is 263 Å². The zero-order chi connectivity index (χ0) is 32.9. The highest BCUT2D eigenvalue weighted by Gasteiger charge is 2.34. The lowest BCUT2D eigenvalue weighted by Crippen LogP contribution is -2.38. The van der Waals surface area contributed by atoms with Crippen LogP contribution in [0.25, 0.3) is 5.57 Å². The van der Waals surface area contributed by atoms with Crippen LogP contribution < -0.4 is 0 Å². The molecule has 46 heavy (non-hydrogen) atoms. The Bertz CT molecular complexity index is 1760. The lowest BCUT2D eigenvalue weighted by Gasteiger charge is -2.31. The highest BCUT2D eigenvalue weighted by molar-refractivity contribution is 7.89. The average Bonchev–Trinajstić information content (AvgIpc) is 3.38. The van der Waals surface area contributed by atoms with E-state index >= 15 is 0 Å². The molecule has 0 amide bonds. The molecule has 244 valence electrons. The molecule has 0 N–H and O–H groups in total. The summed E-state index contributed by atoms with van der Waals surface area (Å²) in [6, 6.07) is 14.5. The summed E-state index contributed by atoms with van der Waals surface area (Å²) in [5.74, 6) is -0.0539. The summed E-state index contributed by atoms with van der Waals surface area (Å²) in [5, 5.41) is 0. The summed E-state index contributed by atoms with van der Waals surface area (Å²) < 4.78 is 105. The van der Waals surface area contributed by atoms with Gasteiger partial charge in [-0.2, -0.15) is 30.6 Å². The normalized spacial score (nSPS) is 18.5. The molecule has 2 heterocycles. The van der Waals surface area contributed by atoms with Crippen LogP contribution in [0.3, 0.4) is 0 Å². The number of hydrogen-bond donors (Lipinski definition) is 0. The van der Waals surface area contributed by atoms with Gasteiger partial charge in [0.05, 0.1) is 16.0 Å². The standard InChI is InChI=1S/C34H32F6N2O3S/c35-33(36,37)27-5-1-23(2-6-27)20-41-14-13-25-18-24-3-4-26(19-30(24)31(25)21-41)32(43)17-22-11-15-42(16-12-22)46(44,45)29-9-7-28(8-10-29)34(38,39)40/h1-10,19,22H,11-18,20-21H2. The lowest BCUT2D eigenvalue weighted by molar-refractivity contribution is -0.138. The largest absolute Gasteiger partial charge is 0.416 e. The summed E-state index contributed by atoms with van der Waals surface area (Å²) >= 11 is 0. The number of carbonyl (C=O) groups is 1. The van der Waals surface area contributed by atoms with E-state index in [0.29, 0.717) is 31.5 Å². The van der Waals surface area contributed by atoms with Crippen molar-refractivity contribution < 1.29 is 39.6 Å². The smallest absolute Gasteiger partial charge is 0.294 e. The molecule has 2 aliphatic heterocycles. The minimum atomic E-state index is -4.56. The maximum atomic E-state index is 13.4. The quantitative estimate of drug-likeness (QED) is 0.193. The third-order valence-electron chi connectivity index (χ3n) is 9.25. The molecule has 3 aromatic carbocycles. The Morgan fingerprint density at radius 3 is 2.02 bits per heavy atom. The summed E-state index contributed by atoms with van der Waals surface area (Å²) in [6.45, 7) is 2.32. The third-order valence-corrected chi connectivity index (χ3v) is 11.2. The SMILES string of the molecule is O=C(CC1CCN(S(=O)(=O)c2ccc(C(F)(F)F)cc2)CC1)c1ccc2c(c1)C1=C(CCN(Cc3ccc(C(F)(F)F)cc3)C1)C2. The Balaban J connectivity index is 1.06. The van der Waals surface area contributed by atoms with Crippen molar-refractivity contribution in [3.05, 3.63) is 106 Å². The molecule has 1 fully saturated rings. The molecule has 0 aromatic heterocycles. The zero-order valence-corrected chi connectivity index (χ0v) is 25.6. The Kier molecular flexibility index (Phi) is 8.66. The molecule has 0 bridgehead atoms. The number of hydrogen-bond acceptors (Lipinski definition) is 4. The predicted octanol–water partition coefficient (Wildman–Crippen LogP) is 7.61. The summed E-state index contributed by atoms with van der Waals surface area (Å²) in [6.07, 6.45) is -6.07. The van der Waals surface area contributed by atoms with Gasteiger partial charge in [-0.05, 0) is 96.3 Å². The van der Waals surface area contributed by atoms with Crippen molar-refractivity contribution in [3.63, 3.8) is 0 Å². The molecule has 3 aromatic rings. The minimum Gasteiger partial charge on any atom is -0.294 e. The molecule has 0 unspecified atom stereocenters. The molecule has 1 aliphatic carbocycles. The van der Waals surface area contributed by atoms with Gasteiger partial charge in [0.1, 0.15) is 0 Å². The highest BCUT2D eigenvalue weighted by atomic mass is 32.2. The van der Waals surface area contributed by atoms with Gasteiger partial charge in [-0.15, -0.1) is 0 Å². The number of benzene rings is 3. The molecule has 0 saturated carbocycles. The van der Waals surface area contributed by atoms with E-state index in [4.69, 9.17) is 0 Å². The summed E-state index contributed by atoms with van der Waals surface area (Å²) in [7, 11) is -3.95. The molecule has 5 nitrogen and oxygen atoms in total. The Morgan fingerprint density at radius 2 is 1.41 bits per heavy atom. The van der Waals surface area contributed by atoms with Crippen LogP contribution in [-0.2, 0) is 35.3 Å². The van der Waals surface area contributed by atoms with Crippen LogP contribution in [0.1, 0.15) is 63.9 Å². The second-order valence-corrected chi connectivity index (χ2v) is 14.2. The number of carbonyl (C=O) groups excluding carboxylic acids is 1. The first kappa shape index (κ1) is 32.5. The molecule has 1 saturated heterocycles. The van der Waals surface area contributed by atoms with Gasteiger partial charge in [-0.1, -0.05) is 29.8 Å². The Hall–Kier alpha value is -3.48. The second-order valence-electron chi connectivity index (χ2n) is 12.3. The van der Waals surface area contributed by atoms with Crippen molar-refractivity contribution in [1.29, 1.82) is 0 Å². The zero-order valence-electron chi connectivity index (χ0n) is 24.8. The number of fused-ring (bicyclic) bond motifs is 2. The van der Waals surface area contributed by atoms with Gasteiger partial charge < -0.3 is 0 Å². The van der Waals surface area contributed by atoms with Gasteiger partial charge in [-0.3, -0.25) is 9.69 Å². The predicted molar refractivity (Wildman–Crippen MR) is 160 cm³/mol. The number of alkyl halides is 6. The fourth-order valence-electron chi connectivity index (χ4n) is 6.64. The van der Waals surface area contributed by atoms with E-state index in [0.717, 1.165) is 72.5 Å². The topological polar surface area (TPSA) is 57.7 Å². The maximum absolute atomic E-state index is 13.4. The van der Waals surface area contributed by atoms with E-state index in [1.54, 1.807) is 0 Å². The van der Waals surface area contributed by atoms with Crippen molar-refractivity contribution in [3.8, 4) is 0 Å². The van der Waals surface area contributed by atoms with Gasteiger partial charge in [0.15, 0.2) is 5.78 Å². The Morgan fingerprint density at radius 1 is 0.804 bits per heavy atom. The van der Waals surface area contributed by atoms with Crippen molar-refractivity contribution in [1.82, 2.24) is 9.21 Å². The molecule has 6 rings (SSSR count). The molecular weight excluding hydrogens is 630 g/mol. The van der Waals surface area contributed by atoms with Crippen LogP contribution in [-0.4, -0.2) is 49.6 Å². The van der Waals surface area contributed by atoms with Gasteiger partial charge in [0.2, 0.25) is 10.0 Å². The molecule has 0 radical (unpaired) electrons. The van der Waals surface area contributed by atoms with Crippen LogP contribution in [0.5, 0.6) is 0 Å². The van der Waals surface area contributed by atoms with Gasteiger partial charge in [0.25, 0.3) is 0 Å². The van der Waals surface area contributed by atoms with Crippen LogP contribution in [0.15, 0.2) is 77.2 Å². The second kappa shape index (κ2) is 12.3. The average molecular weight is 663 g/mol. The first-order valence-corrected chi connectivity index (χ1v) is 16.6. The van der Waals surface area contributed by atoms with Crippen LogP contribution in [0.2, 0.25) is 0 Å². The van der Waals surface area contributed by atoms with Gasteiger partial charge in [0, 0.05) is 44.7 Å². The van der Waals surface area contributed by atoms with Crippen molar-refractivity contribution in [2.75, 3.05) is 26.2 Å². The number of piperidine rings is 1. The van der Waals surface area contributed by atoms with E-state index in [1.807, 2.05) is 18.2 Å². The minimum absolute atomic E-state index is 0.0245. The van der Waals surface area contributed by atoms with E-state index < -0.39 is 33.5 Å². The van der Waals surface area contributed by atoms with Crippen molar-refractivity contribution in [2.24, 2.45) is 5.92 Å². The molecule has 0 spiro atoms. The fourth-order valence-corrected chi connectivity index (χ4v) is 8.10. The van der Waals surface area contributed by atoms with E-state index in [-0.39, 0.29) is 36.1 Å². The van der Waals surface area contributed by atoms with Crippen LogP contribution in [0.4, 0.5) is 26.3 Å². The van der Waals surface area contributed by atoms with Gasteiger partial charge >= 0.3 is 12.4 Å². The number of sulfonamides is 1.